The Morgan fingerprint density at radius 2 is 1.67 bits per heavy atom. The predicted octanol–water partition coefficient (Wildman–Crippen LogP) is -0.191. The molecule has 0 aromatic carbocycles. The lowest BCUT2D eigenvalue weighted by Gasteiger charge is -2.32. The van der Waals surface area contributed by atoms with Crippen LogP contribution in [0.15, 0.2) is 0 Å². The highest BCUT2D eigenvalue weighted by atomic mass is 32.2. The summed E-state index contributed by atoms with van der Waals surface area (Å²) < 4.78 is 26.2. The van der Waals surface area contributed by atoms with E-state index in [-0.39, 0.29) is 4.92 Å². The Morgan fingerprint density at radius 1 is 1.11 bits per heavy atom. The second kappa shape index (κ2) is 5.50. The first-order chi connectivity index (χ1) is 8.51. The van der Waals surface area contributed by atoms with E-state index in [4.69, 9.17) is 0 Å². The van der Waals surface area contributed by atoms with Crippen molar-refractivity contribution in [3.63, 3.8) is 0 Å². The van der Waals surface area contributed by atoms with E-state index in [1.807, 2.05) is 0 Å². The van der Waals surface area contributed by atoms with E-state index in [1.165, 1.54) is 4.31 Å². The van der Waals surface area contributed by atoms with Crippen LogP contribution in [0.1, 0.15) is 25.7 Å². The van der Waals surface area contributed by atoms with Gasteiger partial charge in [0, 0.05) is 43.9 Å². The Bertz CT molecular complexity index is 397. The van der Waals surface area contributed by atoms with Gasteiger partial charge < -0.3 is 5.32 Å². The molecule has 2 rings (SSSR count). The minimum Gasteiger partial charge on any atom is -0.314 e. The normalized spacial score (nSPS) is 31.1. The molecule has 2 aliphatic rings. The van der Waals surface area contributed by atoms with Crippen molar-refractivity contribution in [3.8, 4) is 0 Å². The molecule has 1 heterocycles. The minimum absolute atomic E-state index is 0.284. The summed E-state index contributed by atoms with van der Waals surface area (Å²) in [5.74, 6) is 0. The molecule has 1 aliphatic heterocycles. The number of rotatable bonds is 3. The average molecular weight is 277 g/mol. The molecule has 2 fully saturated rings. The molecular formula is C10H19N3O4S. The first-order valence-electron chi connectivity index (χ1n) is 6.35. The summed E-state index contributed by atoms with van der Waals surface area (Å²) in [4.78, 5) is 10.4. The third kappa shape index (κ3) is 2.81. The number of hydrogen-bond donors (Lipinski definition) is 1. The van der Waals surface area contributed by atoms with Crippen LogP contribution < -0.4 is 5.32 Å². The van der Waals surface area contributed by atoms with Gasteiger partial charge in [-0.05, 0) is 12.8 Å². The van der Waals surface area contributed by atoms with E-state index in [2.05, 4.69) is 5.32 Å². The lowest BCUT2D eigenvalue weighted by Crippen LogP contribution is -2.50. The molecule has 1 saturated carbocycles. The van der Waals surface area contributed by atoms with Gasteiger partial charge in [-0.25, -0.2) is 8.42 Å². The van der Waals surface area contributed by atoms with Crippen molar-refractivity contribution in [1.82, 2.24) is 9.62 Å². The van der Waals surface area contributed by atoms with Crippen molar-refractivity contribution < 1.29 is 13.3 Å². The van der Waals surface area contributed by atoms with Gasteiger partial charge in [-0.2, -0.15) is 4.31 Å². The largest absolute Gasteiger partial charge is 0.314 e. The van der Waals surface area contributed by atoms with Gasteiger partial charge in [-0.3, -0.25) is 10.1 Å². The maximum absolute atomic E-state index is 12.3. The number of piperazine rings is 1. The number of nitro groups is 1. The summed E-state index contributed by atoms with van der Waals surface area (Å²) in [6, 6.07) is -0.556. The fourth-order valence-electron chi connectivity index (χ4n) is 2.66. The molecule has 1 saturated heterocycles. The van der Waals surface area contributed by atoms with E-state index >= 15 is 0 Å². The van der Waals surface area contributed by atoms with Crippen LogP contribution in [0, 0.1) is 10.1 Å². The quantitative estimate of drug-likeness (QED) is 0.570. The van der Waals surface area contributed by atoms with Crippen molar-refractivity contribution in [1.29, 1.82) is 0 Å². The Labute approximate surface area is 107 Å². The molecule has 0 amide bonds. The standard InChI is InChI=1S/C10H19N3O4S/c14-13(15)9-1-3-10(4-2-9)18(16,17)12-7-5-11-6-8-12/h9-11H,1-8H2. The monoisotopic (exact) mass is 277 g/mol. The van der Waals surface area contributed by atoms with Crippen LogP contribution in [-0.2, 0) is 10.0 Å². The smallest absolute Gasteiger partial charge is 0.217 e. The molecule has 0 radical (unpaired) electrons. The first-order valence-corrected chi connectivity index (χ1v) is 7.85. The third-order valence-corrected chi connectivity index (χ3v) is 6.20. The zero-order valence-electron chi connectivity index (χ0n) is 10.2. The molecule has 0 aromatic heterocycles. The lowest BCUT2D eigenvalue weighted by atomic mass is 9.96. The van der Waals surface area contributed by atoms with E-state index in [0.717, 1.165) is 0 Å². The summed E-state index contributed by atoms with van der Waals surface area (Å²) in [7, 11) is -3.26. The molecule has 1 aliphatic carbocycles. The molecule has 8 heteroatoms. The molecule has 7 nitrogen and oxygen atoms in total. The molecule has 18 heavy (non-hydrogen) atoms. The van der Waals surface area contributed by atoms with Gasteiger partial charge in [0.25, 0.3) is 0 Å². The Kier molecular flexibility index (Phi) is 4.18. The lowest BCUT2D eigenvalue weighted by molar-refractivity contribution is -0.526. The summed E-state index contributed by atoms with van der Waals surface area (Å²) in [6.07, 6.45) is 1.59. The van der Waals surface area contributed by atoms with E-state index in [0.29, 0.717) is 51.9 Å². The van der Waals surface area contributed by atoms with Crippen molar-refractivity contribution in [2.75, 3.05) is 26.2 Å². The van der Waals surface area contributed by atoms with Gasteiger partial charge in [-0.1, -0.05) is 0 Å². The maximum atomic E-state index is 12.3. The summed E-state index contributed by atoms with van der Waals surface area (Å²) in [5.41, 5.74) is 0. The maximum Gasteiger partial charge on any atom is 0.217 e. The van der Waals surface area contributed by atoms with Gasteiger partial charge >= 0.3 is 0 Å². The summed E-state index contributed by atoms with van der Waals surface area (Å²) in [6.45, 7) is 2.39. The molecule has 0 atom stereocenters. The number of nitrogens with zero attached hydrogens (tertiary/aromatic N) is 2. The molecular weight excluding hydrogens is 258 g/mol. The zero-order valence-corrected chi connectivity index (χ0v) is 11.1. The van der Waals surface area contributed by atoms with Crippen molar-refractivity contribution in [2.45, 2.75) is 37.0 Å². The SMILES string of the molecule is O=[N+]([O-])C1CCC(S(=O)(=O)N2CCNCC2)CC1. The molecule has 0 aromatic rings. The van der Waals surface area contributed by atoms with Crippen molar-refractivity contribution in [2.24, 2.45) is 0 Å². The molecule has 1 N–H and O–H groups in total. The number of nitrogens with one attached hydrogen (secondary N) is 1. The van der Waals surface area contributed by atoms with Crippen LogP contribution >= 0.6 is 0 Å². The average Bonchev–Trinajstić information content (AvgIpc) is 2.40. The highest BCUT2D eigenvalue weighted by Crippen LogP contribution is 2.27. The van der Waals surface area contributed by atoms with Crippen LogP contribution in [-0.4, -0.2) is 55.1 Å². The molecule has 0 bridgehead atoms. The fourth-order valence-corrected chi connectivity index (χ4v) is 4.64. The third-order valence-electron chi connectivity index (χ3n) is 3.80. The molecule has 104 valence electrons. The predicted molar refractivity (Wildman–Crippen MR) is 66.4 cm³/mol. The van der Waals surface area contributed by atoms with E-state index < -0.39 is 21.3 Å². The van der Waals surface area contributed by atoms with Gasteiger partial charge in [0.05, 0.1) is 5.25 Å². The van der Waals surface area contributed by atoms with E-state index in [1.54, 1.807) is 0 Å². The van der Waals surface area contributed by atoms with Gasteiger partial charge in [0.2, 0.25) is 16.1 Å². The highest BCUT2D eigenvalue weighted by molar-refractivity contribution is 7.89. The second-order valence-corrected chi connectivity index (χ2v) is 7.12. The van der Waals surface area contributed by atoms with E-state index in [9.17, 15) is 18.5 Å². The number of hydrogen-bond acceptors (Lipinski definition) is 5. The second-order valence-electron chi connectivity index (χ2n) is 4.91. The van der Waals surface area contributed by atoms with Gasteiger partial charge in [0.1, 0.15) is 0 Å². The van der Waals surface area contributed by atoms with Crippen LogP contribution in [0.5, 0.6) is 0 Å². The summed E-state index contributed by atoms with van der Waals surface area (Å²) >= 11 is 0. The zero-order chi connectivity index (χ0) is 13.2. The van der Waals surface area contributed by atoms with Crippen LogP contribution in [0.4, 0.5) is 0 Å². The summed E-state index contributed by atoms with van der Waals surface area (Å²) in [5, 5.41) is 13.3. The van der Waals surface area contributed by atoms with Crippen molar-refractivity contribution >= 4 is 10.0 Å². The Morgan fingerprint density at radius 3 is 2.17 bits per heavy atom. The van der Waals surface area contributed by atoms with Crippen LogP contribution in [0.2, 0.25) is 0 Å². The van der Waals surface area contributed by atoms with Gasteiger partial charge in [0.15, 0.2) is 0 Å². The van der Waals surface area contributed by atoms with Crippen molar-refractivity contribution in [3.05, 3.63) is 10.1 Å². The highest BCUT2D eigenvalue weighted by Gasteiger charge is 2.38. The number of sulfonamides is 1. The minimum atomic E-state index is -3.26. The molecule has 0 unspecified atom stereocenters. The molecule has 0 spiro atoms. The Hall–Kier alpha value is -0.730. The topological polar surface area (TPSA) is 92.5 Å². The Balaban J connectivity index is 1.97. The van der Waals surface area contributed by atoms with Crippen LogP contribution in [0.25, 0.3) is 0 Å². The fraction of sp³-hybridized carbons (Fsp3) is 1.00. The first kappa shape index (κ1) is 13.7. The van der Waals surface area contributed by atoms with Gasteiger partial charge in [-0.15, -0.1) is 0 Å². The van der Waals surface area contributed by atoms with Crippen LogP contribution in [0.3, 0.4) is 0 Å².